The van der Waals surface area contributed by atoms with Crippen molar-refractivity contribution in [3.63, 3.8) is 0 Å². The van der Waals surface area contributed by atoms with Crippen LogP contribution in [0.3, 0.4) is 0 Å². The summed E-state index contributed by atoms with van der Waals surface area (Å²) < 4.78 is 0. The number of likely N-dealkylation sites (tertiary alicyclic amines) is 1. The molecule has 1 saturated heterocycles. The van der Waals surface area contributed by atoms with Crippen molar-refractivity contribution in [1.29, 1.82) is 0 Å². The van der Waals surface area contributed by atoms with Crippen molar-refractivity contribution in [2.45, 2.75) is 38.1 Å². The maximum absolute atomic E-state index is 11.8. The summed E-state index contributed by atoms with van der Waals surface area (Å²) in [5, 5.41) is 2.91. The number of nitrogens with one attached hydrogen (secondary N) is 1. The average molecular weight is 225 g/mol. The van der Waals surface area contributed by atoms with E-state index in [1.54, 1.807) is 0 Å². The highest BCUT2D eigenvalue weighted by atomic mass is 16.1. The lowest BCUT2D eigenvalue weighted by molar-refractivity contribution is -0.127. The minimum atomic E-state index is 0.195. The molecule has 2 fully saturated rings. The third-order valence-electron chi connectivity index (χ3n) is 3.86. The Morgan fingerprint density at radius 2 is 2.12 bits per heavy atom. The van der Waals surface area contributed by atoms with Crippen molar-refractivity contribution >= 4 is 5.91 Å². The van der Waals surface area contributed by atoms with Crippen molar-refractivity contribution in [3.8, 4) is 0 Å². The number of rotatable bonds is 4. The van der Waals surface area contributed by atoms with Crippen LogP contribution in [0.25, 0.3) is 0 Å². The van der Waals surface area contributed by atoms with E-state index >= 15 is 0 Å². The molecule has 0 bridgehead atoms. The summed E-state index contributed by atoms with van der Waals surface area (Å²) >= 11 is 0. The largest absolute Gasteiger partial charge is 0.355 e. The van der Waals surface area contributed by atoms with Gasteiger partial charge in [-0.15, -0.1) is 0 Å². The van der Waals surface area contributed by atoms with Gasteiger partial charge < -0.3 is 11.1 Å². The summed E-state index contributed by atoms with van der Waals surface area (Å²) in [5.41, 5.74) is 5.39. The summed E-state index contributed by atoms with van der Waals surface area (Å²) in [4.78, 5) is 14.4. The Morgan fingerprint density at radius 3 is 2.75 bits per heavy atom. The molecule has 2 rings (SSSR count). The van der Waals surface area contributed by atoms with Gasteiger partial charge in [0, 0.05) is 25.7 Å². The molecule has 16 heavy (non-hydrogen) atoms. The fourth-order valence-corrected chi connectivity index (χ4v) is 2.64. The van der Waals surface area contributed by atoms with Crippen LogP contribution < -0.4 is 11.1 Å². The Balaban J connectivity index is 1.78. The van der Waals surface area contributed by atoms with Crippen LogP contribution in [-0.4, -0.2) is 43.0 Å². The van der Waals surface area contributed by atoms with Gasteiger partial charge in [0.05, 0.1) is 5.92 Å². The van der Waals surface area contributed by atoms with E-state index in [9.17, 15) is 4.79 Å². The van der Waals surface area contributed by atoms with Gasteiger partial charge in [0.15, 0.2) is 0 Å². The van der Waals surface area contributed by atoms with Gasteiger partial charge in [0.1, 0.15) is 0 Å². The first-order valence-electron chi connectivity index (χ1n) is 6.53. The van der Waals surface area contributed by atoms with Gasteiger partial charge in [-0.3, -0.25) is 9.69 Å². The first kappa shape index (κ1) is 11.9. The number of nitrogens with two attached hydrogens (primary N) is 1. The molecular formula is C12H23N3O. The molecule has 1 heterocycles. The summed E-state index contributed by atoms with van der Waals surface area (Å²) in [7, 11) is 0. The quantitative estimate of drug-likeness (QED) is 0.725. The third kappa shape index (κ3) is 2.74. The second-order valence-electron chi connectivity index (χ2n) is 5.00. The Labute approximate surface area is 97.6 Å². The van der Waals surface area contributed by atoms with Crippen LogP contribution in [0.2, 0.25) is 0 Å². The van der Waals surface area contributed by atoms with Gasteiger partial charge in [0.2, 0.25) is 5.91 Å². The molecule has 1 amide bonds. The molecule has 4 nitrogen and oxygen atoms in total. The zero-order chi connectivity index (χ0) is 11.4. The van der Waals surface area contributed by atoms with Gasteiger partial charge >= 0.3 is 0 Å². The Morgan fingerprint density at radius 1 is 1.31 bits per heavy atom. The van der Waals surface area contributed by atoms with E-state index in [1.165, 1.54) is 25.8 Å². The molecule has 1 atom stereocenters. The number of carbonyl (C=O) groups is 1. The molecule has 1 unspecified atom stereocenters. The normalized spacial score (nSPS) is 27.4. The first-order chi connectivity index (χ1) is 7.81. The lowest BCUT2D eigenvalue weighted by atomic mass is 9.87. The van der Waals surface area contributed by atoms with Gasteiger partial charge in [0.25, 0.3) is 0 Å². The zero-order valence-corrected chi connectivity index (χ0v) is 9.95. The van der Waals surface area contributed by atoms with Crippen LogP contribution in [0.4, 0.5) is 0 Å². The molecule has 1 aliphatic heterocycles. The highest BCUT2D eigenvalue weighted by Gasteiger charge is 2.31. The van der Waals surface area contributed by atoms with Crippen molar-refractivity contribution in [2.24, 2.45) is 11.7 Å². The first-order valence-corrected chi connectivity index (χ1v) is 6.53. The summed E-state index contributed by atoms with van der Waals surface area (Å²) in [6.45, 7) is 3.29. The maximum Gasteiger partial charge on any atom is 0.224 e. The molecule has 1 saturated carbocycles. The molecular weight excluding hydrogens is 202 g/mol. The molecule has 2 aliphatic rings. The number of piperidine rings is 1. The molecule has 0 spiro atoms. The van der Waals surface area contributed by atoms with Crippen LogP contribution in [0.5, 0.6) is 0 Å². The van der Waals surface area contributed by atoms with Gasteiger partial charge in [-0.2, -0.15) is 0 Å². The highest BCUT2D eigenvalue weighted by molar-refractivity contribution is 5.78. The Bertz CT molecular complexity index is 240. The van der Waals surface area contributed by atoms with Crippen LogP contribution in [0, 0.1) is 5.92 Å². The number of hydrogen-bond acceptors (Lipinski definition) is 3. The Hall–Kier alpha value is -0.610. The Kier molecular flexibility index (Phi) is 4.18. The predicted octanol–water partition coefficient (Wildman–Crippen LogP) is 0.326. The third-order valence-corrected chi connectivity index (χ3v) is 3.86. The monoisotopic (exact) mass is 225 g/mol. The second kappa shape index (κ2) is 5.64. The minimum absolute atomic E-state index is 0.195. The fraction of sp³-hybridized carbons (Fsp3) is 0.917. The smallest absolute Gasteiger partial charge is 0.224 e. The molecule has 0 aromatic carbocycles. The predicted molar refractivity (Wildman–Crippen MR) is 64.0 cm³/mol. The minimum Gasteiger partial charge on any atom is -0.355 e. The van der Waals surface area contributed by atoms with Crippen molar-refractivity contribution in [2.75, 3.05) is 26.2 Å². The number of hydrogen-bond donors (Lipinski definition) is 2. The average Bonchev–Trinajstić information content (AvgIpc) is 2.24. The summed E-state index contributed by atoms with van der Waals surface area (Å²) in [6, 6.07) is 0.769. The number of amides is 1. The summed E-state index contributed by atoms with van der Waals surface area (Å²) in [6.07, 6.45) is 6.23. The van der Waals surface area contributed by atoms with Crippen molar-refractivity contribution in [3.05, 3.63) is 0 Å². The van der Waals surface area contributed by atoms with E-state index in [2.05, 4.69) is 10.2 Å². The van der Waals surface area contributed by atoms with E-state index in [0.717, 1.165) is 25.4 Å². The molecule has 0 aromatic heterocycles. The van der Waals surface area contributed by atoms with Crippen LogP contribution in [-0.2, 0) is 4.79 Å². The van der Waals surface area contributed by atoms with Gasteiger partial charge in [-0.05, 0) is 32.2 Å². The standard InChI is InChI=1S/C12H23N3O/c13-6-7-14-12(16)10-3-2-8-15(9-10)11-4-1-5-11/h10-11H,1-9,13H2,(H,14,16). The summed E-state index contributed by atoms with van der Waals surface area (Å²) in [5.74, 6) is 0.398. The van der Waals surface area contributed by atoms with Gasteiger partial charge in [-0.1, -0.05) is 6.42 Å². The molecule has 1 aliphatic carbocycles. The van der Waals surface area contributed by atoms with Crippen molar-refractivity contribution in [1.82, 2.24) is 10.2 Å². The zero-order valence-electron chi connectivity index (χ0n) is 9.95. The lowest BCUT2D eigenvalue weighted by Gasteiger charge is -2.42. The van der Waals surface area contributed by atoms with Crippen LogP contribution >= 0.6 is 0 Å². The molecule has 3 N–H and O–H groups in total. The van der Waals surface area contributed by atoms with Crippen molar-refractivity contribution < 1.29 is 4.79 Å². The van der Waals surface area contributed by atoms with E-state index < -0.39 is 0 Å². The fourth-order valence-electron chi connectivity index (χ4n) is 2.64. The molecule has 0 aromatic rings. The van der Waals surface area contributed by atoms with E-state index in [0.29, 0.717) is 13.1 Å². The number of nitrogens with zero attached hydrogens (tertiary/aromatic N) is 1. The molecule has 92 valence electrons. The van der Waals surface area contributed by atoms with E-state index in [4.69, 9.17) is 5.73 Å². The number of carbonyl (C=O) groups excluding carboxylic acids is 1. The van der Waals surface area contributed by atoms with E-state index in [-0.39, 0.29) is 11.8 Å². The lowest BCUT2D eigenvalue weighted by Crippen LogP contribution is -2.49. The van der Waals surface area contributed by atoms with Crippen LogP contribution in [0.15, 0.2) is 0 Å². The second-order valence-corrected chi connectivity index (χ2v) is 5.00. The SMILES string of the molecule is NCCNC(=O)C1CCCN(C2CCC2)C1. The molecule has 4 heteroatoms. The van der Waals surface area contributed by atoms with E-state index in [1.807, 2.05) is 0 Å². The molecule has 0 radical (unpaired) electrons. The maximum atomic E-state index is 11.8. The topological polar surface area (TPSA) is 58.4 Å². The van der Waals surface area contributed by atoms with Crippen LogP contribution in [0.1, 0.15) is 32.1 Å². The highest BCUT2D eigenvalue weighted by Crippen LogP contribution is 2.29. The van der Waals surface area contributed by atoms with Gasteiger partial charge in [-0.25, -0.2) is 0 Å².